The number of hydrogen-bond acceptors (Lipinski definition) is 4. The predicted molar refractivity (Wildman–Crippen MR) is 73.1 cm³/mol. The molecule has 5 heteroatoms. The summed E-state index contributed by atoms with van der Waals surface area (Å²) in [7, 11) is 0. The number of aromatic nitrogens is 2. The largest absolute Gasteiger partial charge is 0.305 e. The fourth-order valence-electron chi connectivity index (χ4n) is 1.61. The second kappa shape index (κ2) is 5.27. The van der Waals surface area contributed by atoms with Gasteiger partial charge in [0, 0.05) is 11.1 Å². The van der Waals surface area contributed by atoms with Crippen LogP contribution in [0.25, 0.3) is 0 Å². The van der Waals surface area contributed by atoms with Gasteiger partial charge in [-0.25, -0.2) is 9.97 Å². The van der Waals surface area contributed by atoms with E-state index in [1.165, 1.54) is 0 Å². The number of nitrogens with one attached hydrogen (secondary N) is 1. The number of anilines is 1. The van der Waals surface area contributed by atoms with E-state index in [4.69, 9.17) is 0 Å². The van der Waals surface area contributed by atoms with E-state index in [0.29, 0.717) is 17.4 Å². The van der Waals surface area contributed by atoms with Crippen molar-refractivity contribution in [2.75, 3.05) is 5.32 Å². The van der Waals surface area contributed by atoms with E-state index in [-0.39, 0.29) is 5.91 Å². The Morgan fingerprint density at radius 2 is 2.17 bits per heavy atom. The number of carbonyl (C=O) groups is 1. The minimum atomic E-state index is -0.193. The Labute approximate surface area is 110 Å². The summed E-state index contributed by atoms with van der Waals surface area (Å²) in [6.45, 7) is 6.03. The van der Waals surface area contributed by atoms with Crippen LogP contribution >= 0.6 is 11.3 Å². The molecule has 94 valence electrons. The highest BCUT2D eigenvalue weighted by Gasteiger charge is 2.19. The van der Waals surface area contributed by atoms with Gasteiger partial charge in [-0.2, -0.15) is 0 Å². The Morgan fingerprint density at radius 1 is 1.39 bits per heavy atom. The molecule has 2 rings (SSSR count). The maximum Gasteiger partial charge on any atom is 0.276 e. The van der Waals surface area contributed by atoms with Gasteiger partial charge in [-0.1, -0.05) is 19.9 Å². The average molecular weight is 261 g/mol. The zero-order chi connectivity index (χ0) is 13.1. The molecule has 0 aliphatic heterocycles. The lowest BCUT2D eigenvalue weighted by atomic mass is 10.1. The van der Waals surface area contributed by atoms with Crippen molar-refractivity contribution in [3.05, 3.63) is 40.0 Å². The van der Waals surface area contributed by atoms with Gasteiger partial charge in [0.25, 0.3) is 5.91 Å². The zero-order valence-corrected chi connectivity index (χ0v) is 11.4. The first-order valence-corrected chi connectivity index (χ1v) is 6.59. The first-order chi connectivity index (χ1) is 8.58. The summed E-state index contributed by atoms with van der Waals surface area (Å²) in [6, 6.07) is 5.40. The van der Waals surface area contributed by atoms with Crippen LogP contribution in [0.2, 0.25) is 0 Å². The van der Waals surface area contributed by atoms with Crippen molar-refractivity contribution in [3.8, 4) is 0 Å². The summed E-state index contributed by atoms with van der Waals surface area (Å²) in [5.41, 5.74) is 0.512. The first-order valence-electron chi connectivity index (χ1n) is 5.77. The van der Waals surface area contributed by atoms with E-state index in [9.17, 15) is 4.79 Å². The molecule has 2 aromatic heterocycles. The highest BCUT2D eigenvalue weighted by molar-refractivity contribution is 7.12. The summed E-state index contributed by atoms with van der Waals surface area (Å²) in [4.78, 5) is 21.5. The smallest absolute Gasteiger partial charge is 0.276 e. The molecule has 0 bridgehead atoms. The van der Waals surface area contributed by atoms with E-state index in [2.05, 4.69) is 29.1 Å². The van der Waals surface area contributed by atoms with Crippen LogP contribution in [0.5, 0.6) is 0 Å². The van der Waals surface area contributed by atoms with Crippen LogP contribution in [0.4, 0.5) is 5.82 Å². The van der Waals surface area contributed by atoms with E-state index >= 15 is 0 Å². The Morgan fingerprint density at radius 3 is 2.78 bits per heavy atom. The van der Waals surface area contributed by atoms with Gasteiger partial charge >= 0.3 is 0 Å². The third-order valence-electron chi connectivity index (χ3n) is 2.41. The van der Waals surface area contributed by atoms with Crippen molar-refractivity contribution in [2.24, 2.45) is 0 Å². The maximum absolute atomic E-state index is 12.1. The van der Waals surface area contributed by atoms with E-state index in [0.717, 1.165) is 9.88 Å². The first kappa shape index (κ1) is 12.7. The fraction of sp³-hybridized carbons (Fsp3) is 0.308. The quantitative estimate of drug-likeness (QED) is 0.923. The van der Waals surface area contributed by atoms with Gasteiger partial charge in [-0.05, 0) is 25.0 Å². The summed E-state index contributed by atoms with van der Waals surface area (Å²) in [6.07, 6.45) is 1.64. The van der Waals surface area contributed by atoms with Crippen LogP contribution in [-0.4, -0.2) is 15.9 Å². The SMILES string of the molecule is Cc1nc(C(=O)Nc2ccccn2)c(C(C)C)s1. The molecular formula is C13H15N3OS. The number of thiazole rings is 1. The van der Waals surface area contributed by atoms with Crippen LogP contribution in [0.3, 0.4) is 0 Å². The number of carbonyl (C=O) groups excluding carboxylic acids is 1. The second-order valence-corrected chi connectivity index (χ2v) is 5.50. The fourth-order valence-corrected chi connectivity index (χ4v) is 2.53. The van der Waals surface area contributed by atoms with E-state index in [1.807, 2.05) is 19.1 Å². The van der Waals surface area contributed by atoms with Crippen molar-refractivity contribution in [3.63, 3.8) is 0 Å². The van der Waals surface area contributed by atoms with Crippen molar-refractivity contribution < 1.29 is 4.79 Å². The summed E-state index contributed by atoms with van der Waals surface area (Å²) < 4.78 is 0. The van der Waals surface area contributed by atoms with Crippen LogP contribution in [0.1, 0.15) is 40.1 Å². The van der Waals surface area contributed by atoms with Crippen molar-refractivity contribution in [1.29, 1.82) is 0 Å². The molecule has 0 aromatic carbocycles. The lowest BCUT2D eigenvalue weighted by molar-refractivity contribution is 0.102. The van der Waals surface area contributed by atoms with Crippen molar-refractivity contribution >= 4 is 23.1 Å². The number of aryl methyl sites for hydroxylation is 1. The van der Waals surface area contributed by atoms with E-state index in [1.54, 1.807) is 23.6 Å². The molecule has 1 N–H and O–H groups in total. The summed E-state index contributed by atoms with van der Waals surface area (Å²) >= 11 is 1.57. The normalized spacial score (nSPS) is 10.7. The molecule has 2 heterocycles. The van der Waals surface area contributed by atoms with E-state index < -0.39 is 0 Å². The van der Waals surface area contributed by atoms with Gasteiger partial charge < -0.3 is 5.32 Å². The molecule has 0 aliphatic carbocycles. The Bertz CT molecular complexity index is 549. The molecule has 0 spiro atoms. The van der Waals surface area contributed by atoms with Crippen LogP contribution in [0.15, 0.2) is 24.4 Å². The molecule has 2 aromatic rings. The van der Waals surface area contributed by atoms with Crippen molar-refractivity contribution in [2.45, 2.75) is 26.7 Å². The van der Waals surface area contributed by atoms with Gasteiger partial charge in [-0.3, -0.25) is 4.79 Å². The Hall–Kier alpha value is -1.75. The molecule has 0 fully saturated rings. The summed E-state index contributed by atoms with van der Waals surface area (Å²) in [5.74, 6) is 0.644. The Kier molecular flexibility index (Phi) is 3.72. The van der Waals surface area contributed by atoms with Crippen LogP contribution in [0, 0.1) is 6.92 Å². The molecule has 0 saturated carbocycles. The molecule has 18 heavy (non-hydrogen) atoms. The Balaban J connectivity index is 2.24. The van der Waals surface area contributed by atoms with Crippen LogP contribution < -0.4 is 5.32 Å². The number of rotatable bonds is 3. The molecule has 0 saturated heterocycles. The molecule has 0 radical (unpaired) electrons. The third-order valence-corrected chi connectivity index (χ3v) is 3.68. The average Bonchev–Trinajstić information content (AvgIpc) is 2.73. The number of nitrogens with zero attached hydrogens (tertiary/aromatic N) is 2. The lowest BCUT2D eigenvalue weighted by Crippen LogP contribution is -2.15. The van der Waals surface area contributed by atoms with Gasteiger partial charge in [0.05, 0.1) is 5.01 Å². The van der Waals surface area contributed by atoms with Crippen molar-refractivity contribution in [1.82, 2.24) is 9.97 Å². The minimum absolute atomic E-state index is 0.193. The van der Waals surface area contributed by atoms with Crippen LogP contribution in [-0.2, 0) is 0 Å². The molecule has 0 aliphatic rings. The standard InChI is InChI=1S/C13H15N3OS/c1-8(2)12-11(15-9(3)18-12)13(17)16-10-6-4-5-7-14-10/h4-8H,1-3H3,(H,14,16,17). The highest BCUT2D eigenvalue weighted by Crippen LogP contribution is 2.26. The van der Waals surface area contributed by atoms with Gasteiger partial charge in [-0.15, -0.1) is 11.3 Å². The topological polar surface area (TPSA) is 54.9 Å². The zero-order valence-electron chi connectivity index (χ0n) is 10.6. The number of hydrogen-bond donors (Lipinski definition) is 1. The predicted octanol–water partition coefficient (Wildman–Crippen LogP) is 3.22. The number of pyridine rings is 1. The minimum Gasteiger partial charge on any atom is -0.305 e. The molecule has 0 atom stereocenters. The number of amides is 1. The third kappa shape index (κ3) is 2.73. The molecule has 4 nitrogen and oxygen atoms in total. The van der Waals surface area contributed by atoms with Gasteiger partial charge in [0.1, 0.15) is 11.5 Å². The second-order valence-electron chi connectivity index (χ2n) is 4.27. The molecule has 0 unspecified atom stereocenters. The summed E-state index contributed by atoms with van der Waals surface area (Å²) in [5, 5.41) is 3.67. The lowest BCUT2D eigenvalue weighted by Gasteiger charge is -2.05. The molecule has 1 amide bonds. The molecular weight excluding hydrogens is 246 g/mol. The maximum atomic E-state index is 12.1. The monoisotopic (exact) mass is 261 g/mol. The van der Waals surface area contributed by atoms with Gasteiger partial charge in [0.2, 0.25) is 0 Å². The van der Waals surface area contributed by atoms with Gasteiger partial charge in [0.15, 0.2) is 0 Å². The highest BCUT2D eigenvalue weighted by atomic mass is 32.1.